The quantitative estimate of drug-likeness (QED) is 0.747. The highest BCUT2D eigenvalue weighted by atomic mass is 15.1. The van der Waals surface area contributed by atoms with Gasteiger partial charge in [-0.15, -0.1) is 0 Å². The molecule has 1 N–H and O–H groups in total. The monoisotopic (exact) mass is 198 g/mol. The van der Waals surface area contributed by atoms with Gasteiger partial charge in [0.2, 0.25) is 0 Å². The molecule has 0 unspecified atom stereocenters. The summed E-state index contributed by atoms with van der Waals surface area (Å²) in [7, 11) is 0. The zero-order chi connectivity index (χ0) is 10.4. The smallest absolute Gasteiger partial charge is 0.00326 e. The number of nitrogens with zero attached hydrogens (tertiary/aromatic N) is 1. The van der Waals surface area contributed by atoms with Gasteiger partial charge in [-0.25, -0.2) is 0 Å². The van der Waals surface area contributed by atoms with Gasteiger partial charge in [0.1, 0.15) is 0 Å². The predicted molar refractivity (Wildman–Crippen MR) is 62.6 cm³/mol. The summed E-state index contributed by atoms with van der Waals surface area (Å²) < 4.78 is 0. The van der Waals surface area contributed by atoms with Crippen LogP contribution in [0.5, 0.6) is 0 Å². The van der Waals surface area contributed by atoms with Crippen LogP contribution in [0.1, 0.15) is 40.0 Å². The van der Waals surface area contributed by atoms with Crippen LogP contribution >= 0.6 is 0 Å². The molecule has 0 spiro atoms. The van der Waals surface area contributed by atoms with E-state index < -0.39 is 0 Å². The lowest BCUT2D eigenvalue weighted by Gasteiger charge is -2.33. The summed E-state index contributed by atoms with van der Waals surface area (Å²) in [6.07, 6.45) is 3.89. The molecule has 1 fully saturated rings. The van der Waals surface area contributed by atoms with E-state index in [4.69, 9.17) is 0 Å². The maximum Gasteiger partial charge on any atom is 0.00326 e. The molecule has 0 atom stereocenters. The molecule has 0 aromatic heterocycles. The second-order valence-electron chi connectivity index (χ2n) is 5.25. The molecule has 1 rings (SSSR count). The first-order chi connectivity index (χ1) is 6.64. The number of hydrogen-bond donors (Lipinski definition) is 1. The summed E-state index contributed by atoms with van der Waals surface area (Å²) >= 11 is 0. The lowest BCUT2D eigenvalue weighted by Crippen LogP contribution is -2.39. The zero-order valence-corrected chi connectivity index (χ0v) is 10.1. The Hall–Kier alpha value is -0.0800. The number of hydrogen-bond acceptors (Lipinski definition) is 2. The van der Waals surface area contributed by atoms with Crippen LogP contribution in [-0.4, -0.2) is 37.6 Å². The van der Waals surface area contributed by atoms with E-state index in [2.05, 4.69) is 31.0 Å². The lowest BCUT2D eigenvalue weighted by atomic mass is 9.89. The van der Waals surface area contributed by atoms with Crippen molar-refractivity contribution < 1.29 is 0 Å². The molecule has 84 valence electrons. The third-order valence-electron chi connectivity index (χ3n) is 3.26. The standard InChI is InChI=1S/C12H26N2/c1-4-12(2,3)11-14-9-5-7-13-8-6-10-14/h13H,4-11H2,1-3H3. The number of nitrogens with one attached hydrogen (secondary N) is 1. The SMILES string of the molecule is CCC(C)(C)CN1CCCNCCC1. The van der Waals surface area contributed by atoms with Crippen LogP contribution in [-0.2, 0) is 0 Å². The third kappa shape index (κ3) is 4.43. The zero-order valence-electron chi connectivity index (χ0n) is 10.1. The van der Waals surface area contributed by atoms with Crippen LogP contribution < -0.4 is 5.32 Å². The van der Waals surface area contributed by atoms with Gasteiger partial charge in [0.25, 0.3) is 0 Å². The first-order valence-electron chi connectivity index (χ1n) is 6.07. The Morgan fingerprint density at radius 3 is 2.21 bits per heavy atom. The van der Waals surface area contributed by atoms with Crippen molar-refractivity contribution in [1.82, 2.24) is 10.2 Å². The largest absolute Gasteiger partial charge is 0.317 e. The van der Waals surface area contributed by atoms with Crippen molar-refractivity contribution in [3.63, 3.8) is 0 Å². The van der Waals surface area contributed by atoms with Gasteiger partial charge >= 0.3 is 0 Å². The average molecular weight is 198 g/mol. The lowest BCUT2D eigenvalue weighted by molar-refractivity contribution is 0.164. The van der Waals surface area contributed by atoms with E-state index in [0.29, 0.717) is 5.41 Å². The van der Waals surface area contributed by atoms with E-state index in [9.17, 15) is 0 Å². The summed E-state index contributed by atoms with van der Waals surface area (Å²) in [6, 6.07) is 0. The summed E-state index contributed by atoms with van der Waals surface area (Å²) in [5.41, 5.74) is 0.493. The minimum absolute atomic E-state index is 0.493. The van der Waals surface area contributed by atoms with Crippen molar-refractivity contribution in [2.75, 3.05) is 32.7 Å². The molecule has 1 saturated heterocycles. The Kier molecular flexibility index (Phi) is 4.90. The molecular weight excluding hydrogens is 172 g/mol. The van der Waals surface area contributed by atoms with Gasteiger partial charge in [-0.2, -0.15) is 0 Å². The molecule has 0 aromatic rings. The topological polar surface area (TPSA) is 15.3 Å². The Labute approximate surface area is 89.1 Å². The Balaban J connectivity index is 2.33. The van der Waals surface area contributed by atoms with Crippen LogP contribution in [0, 0.1) is 5.41 Å². The van der Waals surface area contributed by atoms with E-state index in [1.54, 1.807) is 0 Å². The van der Waals surface area contributed by atoms with Crippen molar-refractivity contribution >= 4 is 0 Å². The highest BCUT2D eigenvalue weighted by Gasteiger charge is 2.19. The van der Waals surface area contributed by atoms with E-state index in [0.717, 1.165) is 0 Å². The third-order valence-corrected chi connectivity index (χ3v) is 3.26. The van der Waals surface area contributed by atoms with Crippen molar-refractivity contribution in [2.24, 2.45) is 5.41 Å². The minimum atomic E-state index is 0.493. The second-order valence-corrected chi connectivity index (χ2v) is 5.25. The maximum atomic E-state index is 3.46. The molecule has 1 heterocycles. The molecule has 1 aliphatic rings. The normalized spacial score (nSPS) is 21.6. The highest BCUT2D eigenvalue weighted by molar-refractivity contribution is 4.74. The van der Waals surface area contributed by atoms with E-state index in [-0.39, 0.29) is 0 Å². The second kappa shape index (κ2) is 5.72. The maximum absolute atomic E-state index is 3.46. The first kappa shape index (κ1) is 12.0. The van der Waals surface area contributed by atoms with Gasteiger partial charge in [0.15, 0.2) is 0 Å². The van der Waals surface area contributed by atoms with Crippen molar-refractivity contribution in [3.8, 4) is 0 Å². The van der Waals surface area contributed by atoms with Crippen LogP contribution in [0.2, 0.25) is 0 Å². The van der Waals surface area contributed by atoms with Gasteiger partial charge in [-0.05, 0) is 50.9 Å². The Bertz CT molecular complexity index is 146. The van der Waals surface area contributed by atoms with Crippen LogP contribution in [0.3, 0.4) is 0 Å². The fraction of sp³-hybridized carbons (Fsp3) is 1.00. The Morgan fingerprint density at radius 1 is 1.14 bits per heavy atom. The van der Waals surface area contributed by atoms with Crippen LogP contribution in [0.25, 0.3) is 0 Å². The molecule has 2 nitrogen and oxygen atoms in total. The van der Waals surface area contributed by atoms with Crippen molar-refractivity contribution in [3.05, 3.63) is 0 Å². The summed E-state index contributed by atoms with van der Waals surface area (Å²) in [6.45, 7) is 13.3. The van der Waals surface area contributed by atoms with Crippen LogP contribution in [0.4, 0.5) is 0 Å². The number of rotatable bonds is 3. The van der Waals surface area contributed by atoms with E-state index in [1.165, 1.54) is 52.0 Å². The van der Waals surface area contributed by atoms with Crippen molar-refractivity contribution in [1.29, 1.82) is 0 Å². The van der Waals surface area contributed by atoms with Gasteiger partial charge in [0.05, 0.1) is 0 Å². The molecule has 0 bridgehead atoms. The average Bonchev–Trinajstić information content (AvgIpc) is 2.10. The first-order valence-corrected chi connectivity index (χ1v) is 6.07. The molecule has 0 amide bonds. The molecular formula is C12H26N2. The van der Waals surface area contributed by atoms with Gasteiger partial charge in [-0.3, -0.25) is 0 Å². The predicted octanol–water partition coefficient (Wildman–Crippen LogP) is 2.11. The summed E-state index contributed by atoms with van der Waals surface area (Å²) in [5, 5.41) is 3.46. The minimum Gasteiger partial charge on any atom is -0.317 e. The fourth-order valence-corrected chi connectivity index (χ4v) is 1.97. The molecule has 14 heavy (non-hydrogen) atoms. The van der Waals surface area contributed by atoms with Gasteiger partial charge < -0.3 is 10.2 Å². The van der Waals surface area contributed by atoms with Crippen LogP contribution in [0.15, 0.2) is 0 Å². The molecule has 0 aromatic carbocycles. The van der Waals surface area contributed by atoms with Crippen molar-refractivity contribution in [2.45, 2.75) is 40.0 Å². The molecule has 0 radical (unpaired) electrons. The molecule has 0 aliphatic carbocycles. The van der Waals surface area contributed by atoms with E-state index >= 15 is 0 Å². The molecule has 0 saturated carbocycles. The molecule has 2 heteroatoms. The van der Waals surface area contributed by atoms with Gasteiger partial charge in [0, 0.05) is 6.54 Å². The van der Waals surface area contributed by atoms with Gasteiger partial charge in [-0.1, -0.05) is 20.8 Å². The molecule has 1 aliphatic heterocycles. The Morgan fingerprint density at radius 2 is 1.71 bits per heavy atom. The highest BCUT2D eigenvalue weighted by Crippen LogP contribution is 2.21. The fourth-order valence-electron chi connectivity index (χ4n) is 1.97. The summed E-state index contributed by atoms with van der Waals surface area (Å²) in [4.78, 5) is 2.64. The van der Waals surface area contributed by atoms with E-state index in [1.807, 2.05) is 0 Å². The summed E-state index contributed by atoms with van der Waals surface area (Å²) in [5.74, 6) is 0.